The van der Waals surface area contributed by atoms with Gasteiger partial charge in [0, 0.05) is 17.5 Å². The fourth-order valence-corrected chi connectivity index (χ4v) is 6.02. The summed E-state index contributed by atoms with van der Waals surface area (Å²) in [5.74, 6) is 0.618. The second-order valence-electron chi connectivity index (χ2n) is 6.91. The average molecular weight is 421 g/mol. The van der Waals surface area contributed by atoms with Crippen LogP contribution >= 0.6 is 22.9 Å². The van der Waals surface area contributed by atoms with Crippen molar-refractivity contribution >= 4 is 43.0 Å². The zero-order valence-electron chi connectivity index (χ0n) is 14.8. The third-order valence-corrected chi connectivity index (χ3v) is 8.26. The van der Waals surface area contributed by atoms with Gasteiger partial charge in [-0.2, -0.15) is 0 Å². The number of nitrogens with zero attached hydrogens (tertiary/aromatic N) is 2. The molecule has 7 heteroatoms. The minimum Gasteiger partial charge on any atom is -0.302 e. The van der Waals surface area contributed by atoms with Crippen molar-refractivity contribution in [3.05, 3.63) is 58.6 Å². The minimum atomic E-state index is -3.27. The lowest BCUT2D eigenvalue weighted by atomic mass is 9.98. The summed E-state index contributed by atoms with van der Waals surface area (Å²) < 4.78 is 26.2. The number of likely N-dealkylation sites (tertiary alicyclic amines) is 1. The Kier molecular flexibility index (Phi) is 5.50. The van der Waals surface area contributed by atoms with Crippen molar-refractivity contribution in [2.45, 2.75) is 23.7 Å². The van der Waals surface area contributed by atoms with Crippen LogP contribution in [0.3, 0.4) is 0 Å². The lowest BCUT2D eigenvalue weighted by Gasteiger charge is -2.30. The molecular weight excluding hydrogens is 400 g/mol. The van der Waals surface area contributed by atoms with Crippen molar-refractivity contribution in [1.82, 2.24) is 9.88 Å². The van der Waals surface area contributed by atoms with Crippen LogP contribution in [0, 0.1) is 0 Å². The Bertz CT molecular complexity index is 991. The smallest absolute Gasteiger partial charge is 0.179 e. The van der Waals surface area contributed by atoms with Crippen LogP contribution in [-0.2, 0) is 9.84 Å². The van der Waals surface area contributed by atoms with E-state index in [2.05, 4.69) is 17.0 Å². The van der Waals surface area contributed by atoms with Gasteiger partial charge in [0.25, 0.3) is 0 Å². The number of benzene rings is 2. The standard InChI is InChI=1S/C20H21ClN2O2S2/c21-16-5-7-17(8-6-16)27(24,25)14-13-23-11-9-15(10-12-23)20-22-18-3-1-2-4-19(18)26-20/h1-8,15H,9-14H2. The number of rotatable bonds is 5. The lowest BCUT2D eigenvalue weighted by molar-refractivity contribution is 0.223. The molecule has 142 valence electrons. The van der Waals surface area contributed by atoms with Gasteiger partial charge in [0.05, 0.1) is 25.9 Å². The van der Waals surface area contributed by atoms with E-state index in [4.69, 9.17) is 16.6 Å². The van der Waals surface area contributed by atoms with E-state index >= 15 is 0 Å². The van der Waals surface area contributed by atoms with Crippen molar-refractivity contribution in [3.8, 4) is 0 Å². The van der Waals surface area contributed by atoms with E-state index in [0.29, 0.717) is 22.4 Å². The summed E-state index contributed by atoms with van der Waals surface area (Å²) >= 11 is 7.63. The molecule has 0 amide bonds. The molecule has 1 aliphatic rings. The molecule has 4 nitrogen and oxygen atoms in total. The zero-order chi connectivity index (χ0) is 18.9. The Morgan fingerprint density at radius 1 is 1.07 bits per heavy atom. The Morgan fingerprint density at radius 2 is 1.78 bits per heavy atom. The number of hydrogen-bond donors (Lipinski definition) is 0. The monoisotopic (exact) mass is 420 g/mol. The number of halogens is 1. The first kappa shape index (κ1) is 18.9. The summed E-state index contributed by atoms with van der Waals surface area (Å²) in [5.41, 5.74) is 1.08. The second-order valence-corrected chi connectivity index (χ2v) is 10.5. The van der Waals surface area contributed by atoms with Gasteiger partial charge < -0.3 is 4.90 Å². The van der Waals surface area contributed by atoms with Gasteiger partial charge in [-0.25, -0.2) is 13.4 Å². The highest BCUT2D eigenvalue weighted by atomic mass is 35.5. The maximum absolute atomic E-state index is 12.5. The second kappa shape index (κ2) is 7.87. The van der Waals surface area contributed by atoms with Gasteiger partial charge in [-0.15, -0.1) is 11.3 Å². The molecule has 2 heterocycles. The number of thiazole rings is 1. The Morgan fingerprint density at radius 3 is 2.48 bits per heavy atom. The number of hydrogen-bond acceptors (Lipinski definition) is 5. The SMILES string of the molecule is O=S(=O)(CCN1CCC(c2nc3ccccc3s2)CC1)c1ccc(Cl)cc1. The Hall–Kier alpha value is -1.47. The fraction of sp³-hybridized carbons (Fsp3) is 0.350. The normalized spacial score (nSPS) is 16.8. The third kappa shape index (κ3) is 4.35. The van der Waals surface area contributed by atoms with Gasteiger partial charge in [-0.05, 0) is 62.3 Å². The Labute approximate surface area is 168 Å². The molecule has 0 unspecified atom stereocenters. The highest BCUT2D eigenvalue weighted by Gasteiger charge is 2.24. The number of para-hydroxylation sites is 1. The van der Waals surface area contributed by atoms with Crippen LogP contribution in [0.4, 0.5) is 0 Å². The van der Waals surface area contributed by atoms with Gasteiger partial charge in [-0.3, -0.25) is 0 Å². The van der Waals surface area contributed by atoms with Crippen molar-refractivity contribution in [3.63, 3.8) is 0 Å². The predicted octanol–water partition coefficient (Wildman–Crippen LogP) is 4.60. The van der Waals surface area contributed by atoms with E-state index in [-0.39, 0.29) is 5.75 Å². The van der Waals surface area contributed by atoms with Crippen molar-refractivity contribution in [2.75, 3.05) is 25.4 Å². The molecule has 2 aromatic carbocycles. The van der Waals surface area contributed by atoms with Crippen molar-refractivity contribution in [1.29, 1.82) is 0 Å². The number of aromatic nitrogens is 1. The maximum atomic E-state index is 12.5. The van der Waals surface area contributed by atoms with Gasteiger partial charge in [0.15, 0.2) is 9.84 Å². The number of piperidine rings is 1. The average Bonchev–Trinajstić information content (AvgIpc) is 3.11. The third-order valence-electron chi connectivity index (χ3n) is 5.10. The largest absolute Gasteiger partial charge is 0.302 e. The molecule has 0 saturated carbocycles. The highest BCUT2D eigenvalue weighted by Crippen LogP contribution is 2.33. The van der Waals surface area contributed by atoms with Crippen LogP contribution in [0.1, 0.15) is 23.8 Å². The summed E-state index contributed by atoms with van der Waals surface area (Å²) in [6, 6.07) is 14.7. The molecule has 1 fully saturated rings. The molecule has 1 saturated heterocycles. The lowest BCUT2D eigenvalue weighted by Crippen LogP contribution is -2.36. The van der Waals surface area contributed by atoms with Crippen LogP contribution < -0.4 is 0 Å². The van der Waals surface area contributed by atoms with Crippen LogP contribution in [0.5, 0.6) is 0 Å². The summed E-state index contributed by atoms with van der Waals surface area (Å²) in [7, 11) is -3.27. The summed E-state index contributed by atoms with van der Waals surface area (Å²) in [5, 5.41) is 1.76. The quantitative estimate of drug-likeness (QED) is 0.605. The molecule has 27 heavy (non-hydrogen) atoms. The predicted molar refractivity (Wildman–Crippen MR) is 112 cm³/mol. The van der Waals surface area contributed by atoms with E-state index in [1.807, 2.05) is 12.1 Å². The van der Waals surface area contributed by atoms with Gasteiger partial charge in [0.1, 0.15) is 0 Å². The molecule has 0 aliphatic carbocycles. The molecule has 3 aromatic rings. The zero-order valence-corrected chi connectivity index (χ0v) is 17.2. The summed E-state index contributed by atoms with van der Waals surface area (Å²) in [4.78, 5) is 7.38. The van der Waals surface area contributed by atoms with Crippen molar-refractivity contribution < 1.29 is 8.42 Å². The van der Waals surface area contributed by atoms with Crippen LogP contribution in [0.15, 0.2) is 53.4 Å². The first-order valence-corrected chi connectivity index (χ1v) is 11.9. The van der Waals surface area contributed by atoms with Crippen LogP contribution in [-0.4, -0.2) is 43.7 Å². The Balaban J connectivity index is 1.33. The van der Waals surface area contributed by atoms with E-state index in [9.17, 15) is 8.42 Å². The highest BCUT2D eigenvalue weighted by molar-refractivity contribution is 7.91. The maximum Gasteiger partial charge on any atom is 0.179 e. The molecule has 0 bridgehead atoms. The fourth-order valence-electron chi connectivity index (χ4n) is 3.48. The molecule has 0 N–H and O–H groups in total. The molecule has 1 aliphatic heterocycles. The van der Waals surface area contributed by atoms with E-state index in [1.54, 1.807) is 35.6 Å². The molecule has 0 radical (unpaired) electrons. The molecule has 4 rings (SSSR count). The van der Waals surface area contributed by atoms with Crippen LogP contribution in [0.25, 0.3) is 10.2 Å². The van der Waals surface area contributed by atoms with Crippen molar-refractivity contribution in [2.24, 2.45) is 0 Å². The molecule has 1 aromatic heterocycles. The summed E-state index contributed by atoms with van der Waals surface area (Å²) in [6.45, 7) is 2.39. The van der Waals surface area contributed by atoms with Gasteiger partial charge in [0.2, 0.25) is 0 Å². The number of fused-ring (bicyclic) bond motifs is 1. The molecule has 0 atom stereocenters. The minimum absolute atomic E-state index is 0.139. The summed E-state index contributed by atoms with van der Waals surface area (Å²) in [6.07, 6.45) is 2.06. The van der Waals surface area contributed by atoms with E-state index in [1.165, 1.54) is 9.71 Å². The van der Waals surface area contributed by atoms with E-state index < -0.39 is 9.84 Å². The van der Waals surface area contributed by atoms with Gasteiger partial charge >= 0.3 is 0 Å². The first-order chi connectivity index (χ1) is 13.0. The number of sulfone groups is 1. The molecular formula is C20H21ClN2O2S2. The molecule has 0 spiro atoms. The first-order valence-electron chi connectivity index (χ1n) is 9.07. The van der Waals surface area contributed by atoms with Gasteiger partial charge in [-0.1, -0.05) is 23.7 Å². The topological polar surface area (TPSA) is 50.3 Å². The van der Waals surface area contributed by atoms with E-state index in [0.717, 1.165) is 31.4 Å². The van der Waals surface area contributed by atoms with Crippen LogP contribution in [0.2, 0.25) is 5.02 Å².